The van der Waals surface area contributed by atoms with Gasteiger partial charge in [0.1, 0.15) is 4.90 Å². The highest BCUT2D eigenvalue weighted by Gasteiger charge is 2.15. The summed E-state index contributed by atoms with van der Waals surface area (Å²) in [6, 6.07) is 6.25. The molecule has 0 amide bonds. The Bertz CT molecular complexity index is 434. The smallest absolute Gasteiger partial charge is 0.340 e. The van der Waals surface area contributed by atoms with E-state index >= 15 is 0 Å². The third-order valence-electron chi connectivity index (χ3n) is 1.51. The summed E-state index contributed by atoms with van der Waals surface area (Å²) in [4.78, 5) is 0.0601. The molecule has 0 radical (unpaired) electrons. The van der Waals surface area contributed by atoms with E-state index in [0.717, 1.165) is 5.56 Å². The highest BCUT2D eigenvalue weighted by Crippen LogP contribution is 2.16. The molecule has 1 rings (SSSR count). The van der Waals surface area contributed by atoms with E-state index < -0.39 is 10.1 Å². The number of benzene rings is 1. The molecule has 0 bridgehead atoms. The Kier molecular flexibility index (Phi) is 3.18. The summed E-state index contributed by atoms with van der Waals surface area (Å²) < 4.78 is 27.2. The molecule has 14 heavy (non-hydrogen) atoms. The van der Waals surface area contributed by atoms with Crippen LogP contribution in [0.5, 0.6) is 0 Å². The number of halogens is 1. The molecular formula is C9H9ClO3S. The van der Waals surface area contributed by atoms with Crippen molar-refractivity contribution in [1.82, 2.24) is 0 Å². The molecule has 0 saturated heterocycles. The second-order valence-electron chi connectivity index (χ2n) is 2.71. The lowest BCUT2D eigenvalue weighted by Crippen LogP contribution is -2.03. The SMILES string of the molecule is C=C(Cl)OS(=O)(=O)c1ccc(C)cc1. The van der Waals surface area contributed by atoms with Crippen LogP contribution in [-0.2, 0) is 14.3 Å². The maximum Gasteiger partial charge on any atom is 0.340 e. The quantitative estimate of drug-likeness (QED) is 0.594. The molecular weight excluding hydrogens is 224 g/mol. The third kappa shape index (κ3) is 2.75. The Labute approximate surface area is 88.1 Å². The molecule has 0 aliphatic carbocycles. The Hall–Kier alpha value is -1.00. The molecule has 0 aliphatic heterocycles. The van der Waals surface area contributed by atoms with E-state index in [0.29, 0.717) is 0 Å². The summed E-state index contributed by atoms with van der Waals surface area (Å²) in [5.74, 6) is 0. The standard InChI is InChI=1S/C9H9ClO3S/c1-7-3-5-9(6-4-7)14(11,12)13-8(2)10/h3-6H,2H2,1H3. The first-order valence-corrected chi connectivity index (χ1v) is 5.56. The molecule has 0 heterocycles. The third-order valence-corrected chi connectivity index (χ3v) is 2.95. The van der Waals surface area contributed by atoms with Gasteiger partial charge in [-0.3, -0.25) is 0 Å². The maximum absolute atomic E-state index is 11.4. The zero-order valence-corrected chi connectivity index (χ0v) is 9.10. The van der Waals surface area contributed by atoms with Crippen LogP contribution in [0.15, 0.2) is 41.0 Å². The van der Waals surface area contributed by atoms with Crippen molar-refractivity contribution in [2.45, 2.75) is 11.8 Å². The zero-order valence-electron chi connectivity index (χ0n) is 7.53. The molecule has 1 aromatic rings. The summed E-state index contributed by atoms with van der Waals surface area (Å²) in [5, 5.41) is -0.370. The Morgan fingerprint density at radius 1 is 1.36 bits per heavy atom. The van der Waals surface area contributed by atoms with Crippen LogP contribution in [0.25, 0.3) is 0 Å². The van der Waals surface area contributed by atoms with E-state index in [4.69, 9.17) is 11.6 Å². The largest absolute Gasteiger partial charge is 0.367 e. The Morgan fingerprint density at radius 3 is 2.29 bits per heavy atom. The van der Waals surface area contributed by atoms with E-state index in [1.807, 2.05) is 6.92 Å². The highest BCUT2D eigenvalue weighted by molar-refractivity contribution is 7.87. The summed E-state index contributed by atoms with van der Waals surface area (Å²) in [6.45, 7) is 5.01. The molecule has 0 aliphatic rings. The van der Waals surface area contributed by atoms with Crippen LogP contribution >= 0.6 is 11.6 Å². The fraction of sp³-hybridized carbons (Fsp3) is 0.111. The average Bonchev–Trinajstić information content (AvgIpc) is 2.02. The predicted molar refractivity (Wildman–Crippen MR) is 54.4 cm³/mol. The first-order chi connectivity index (χ1) is 6.42. The second-order valence-corrected chi connectivity index (χ2v) is 4.67. The molecule has 0 aromatic heterocycles. The Balaban J connectivity index is 3.05. The first-order valence-electron chi connectivity index (χ1n) is 3.77. The van der Waals surface area contributed by atoms with Crippen LogP contribution in [0.1, 0.15) is 5.56 Å². The van der Waals surface area contributed by atoms with Gasteiger partial charge in [0.15, 0.2) is 0 Å². The van der Waals surface area contributed by atoms with Crippen molar-refractivity contribution in [2.24, 2.45) is 0 Å². The van der Waals surface area contributed by atoms with Crippen molar-refractivity contribution in [3.05, 3.63) is 41.6 Å². The fourth-order valence-corrected chi connectivity index (χ4v) is 1.92. The number of rotatable bonds is 3. The van der Waals surface area contributed by atoms with Gasteiger partial charge in [0.05, 0.1) is 0 Å². The molecule has 1 aromatic carbocycles. The van der Waals surface area contributed by atoms with Gasteiger partial charge < -0.3 is 4.18 Å². The Morgan fingerprint density at radius 2 is 1.86 bits per heavy atom. The van der Waals surface area contributed by atoms with E-state index in [1.165, 1.54) is 12.1 Å². The number of aryl methyl sites for hydroxylation is 1. The molecule has 0 saturated carbocycles. The van der Waals surface area contributed by atoms with Gasteiger partial charge in [-0.25, -0.2) is 0 Å². The van der Waals surface area contributed by atoms with Crippen molar-refractivity contribution < 1.29 is 12.6 Å². The zero-order chi connectivity index (χ0) is 10.8. The van der Waals surface area contributed by atoms with Gasteiger partial charge >= 0.3 is 10.1 Å². The van der Waals surface area contributed by atoms with Crippen molar-refractivity contribution in [3.63, 3.8) is 0 Å². The van der Waals surface area contributed by atoms with E-state index in [2.05, 4.69) is 10.8 Å². The first kappa shape index (κ1) is 11.1. The molecule has 0 spiro atoms. The molecule has 0 unspecified atom stereocenters. The van der Waals surface area contributed by atoms with Crippen molar-refractivity contribution >= 4 is 21.7 Å². The monoisotopic (exact) mass is 232 g/mol. The topological polar surface area (TPSA) is 43.4 Å². The van der Waals surface area contributed by atoms with Crippen LogP contribution in [0.2, 0.25) is 0 Å². The second kappa shape index (κ2) is 4.02. The minimum absolute atomic E-state index is 0.0601. The molecule has 76 valence electrons. The van der Waals surface area contributed by atoms with Crippen LogP contribution in [0.3, 0.4) is 0 Å². The van der Waals surface area contributed by atoms with Gasteiger partial charge in [-0.2, -0.15) is 8.42 Å². The lowest BCUT2D eigenvalue weighted by atomic mass is 10.2. The molecule has 0 N–H and O–H groups in total. The van der Waals surface area contributed by atoms with Crippen LogP contribution in [-0.4, -0.2) is 8.42 Å². The van der Waals surface area contributed by atoms with Crippen molar-refractivity contribution in [1.29, 1.82) is 0 Å². The predicted octanol–water partition coefficient (Wildman–Crippen LogP) is 2.41. The summed E-state index contributed by atoms with van der Waals surface area (Å²) in [5.41, 5.74) is 0.966. The average molecular weight is 233 g/mol. The van der Waals surface area contributed by atoms with Gasteiger partial charge in [0.2, 0.25) is 5.22 Å². The van der Waals surface area contributed by atoms with E-state index in [-0.39, 0.29) is 10.1 Å². The van der Waals surface area contributed by atoms with Crippen LogP contribution in [0.4, 0.5) is 0 Å². The van der Waals surface area contributed by atoms with Gasteiger partial charge in [-0.1, -0.05) is 17.7 Å². The van der Waals surface area contributed by atoms with Crippen LogP contribution in [0, 0.1) is 6.92 Å². The molecule has 3 nitrogen and oxygen atoms in total. The van der Waals surface area contributed by atoms with Gasteiger partial charge in [-0.05, 0) is 37.2 Å². The fourth-order valence-electron chi connectivity index (χ4n) is 0.872. The normalized spacial score (nSPS) is 11.0. The summed E-state index contributed by atoms with van der Waals surface area (Å²) in [7, 11) is -3.81. The molecule has 0 fully saturated rings. The highest BCUT2D eigenvalue weighted by atomic mass is 35.5. The molecule has 5 heteroatoms. The molecule has 0 atom stereocenters. The maximum atomic E-state index is 11.4. The van der Waals surface area contributed by atoms with Crippen molar-refractivity contribution in [3.8, 4) is 0 Å². The van der Waals surface area contributed by atoms with E-state index in [1.54, 1.807) is 12.1 Å². The number of hydrogen-bond acceptors (Lipinski definition) is 3. The minimum Gasteiger partial charge on any atom is -0.367 e. The lowest BCUT2D eigenvalue weighted by molar-refractivity contribution is 0.433. The van der Waals surface area contributed by atoms with Crippen LogP contribution < -0.4 is 0 Å². The van der Waals surface area contributed by atoms with Gasteiger partial charge in [0.25, 0.3) is 0 Å². The minimum atomic E-state index is -3.81. The van der Waals surface area contributed by atoms with Crippen molar-refractivity contribution in [2.75, 3.05) is 0 Å². The number of hydrogen-bond donors (Lipinski definition) is 0. The summed E-state index contributed by atoms with van der Waals surface area (Å²) >= 11 is 5.25. The van der Waals surface area contributed by atoms with Gasteiger partial charge in [-0.15, -0.1) is 0 Å². The van der Waals surface area contributed by atoms with E-state index in [9.17, 15) is 8.42 Å². The van der Waals surface area contributed by atoms with Gasteiger partial charge in [0, 0.05) is 0 Å². The summed E-state index contributed by atoms with van der Waals surface area (Å²) in [6.07, 6.45) is 0. The lowest BCUT2D eigenvalue weighted by Gasteiger charge is -2.04.